The zero-order chi connectivity index (χ0) is 30.7. The Labute approximate surface area is 255 Å². The Kier molecular flexibility index (Phi) is 9.49. The van der Waals surface area contributed by atoms with Gasteiger partial charge in [0, 0.05) is 50.1 Å². The summed E-state index contributed by atoms with van der Waals surface area (Å²) in [4.78, 5) is 55.4. The zero-order valence-electron chi connectivity index (χ0n) is 24.3. The number of hydrogen-bond donors (Lipinski definition) is 1. The fraction of sp³-hybridized carbons (Fsp3) is 0.517. The summed E-state index contributed by atoms with van der Waals surface area (Å²) < 4.78 is 38.3. The third-order valence-electron chi connectivity index (χ3n) is 8.07. The molecule has 0 saturated carbocycles. The standard InChI is InChI=1S/C29H36N4O8S2/c1-3-41-29(37)21-8-12-33(13-9-21)43(38,39)22-6-4-20(5-7-22)26(35)30-27-25(28(36)31-14-16-40-17-15-31)23-10-11-32(19(2)34)18-24(23)42-27/h4-7,21H,3,8-18H2,1-2H3,(H,30,35). The number of carbonyl (C=O) groups is 4. The third-order valence-corrected chi connectivity index (χ3v) is 11.1. The minimum atomic E-state index is -3.81. The highest BCUT2D eigenvalue weighted by Gasteiger charge is 2.34. The number of sulfonamides is 1. The molecule has 0 atom stereocenters. The van der Waals surface area contributed by atoms with Crippen LogP contribution < -0.4 is 5.32 Å². The molecule has 1 aromatic heterocycles. The fourth-order valence-corrected chi connectivity index (χ4v) is 8.33. The maximum atomic E-state index is 13.6. The van der Waals surface area contributed by atoms with Crippen molar-refractivity contribution < 1.29 is 37.1 Å². The first-order valence-corrected chi connectivity index (χ1v) is 16.7. The van der Waals surface area contributed by atoms with Crippen molar-refractivity contribution in [2.75, 3.05) is 57.9 Å². The van der Waals surface area contributed by atoms with E-state index < -0.39 is 15.9 Å². The first-order chi connectivity index (χ1) is 20.6. The summed E-state index contributed by atoms with van der Waals surface area (Å²) in [6, 6.07) is 5.68. The highest BCUT2D eigenvalue weighted by atomic mass is 32.2. The molecule has 3 aliphatic rings. The average Bonchev–Trinajstić information content (AvgIpc) is 3.38. The number of piperidine rings is 1. The number of amides is 3. The molecule has 12 nitrogen and oxygen atoms in total. The highest BCUT2D eigenvalue weighted by Crippen LogP contribution is 2.38. The largest absolute Gasteiger partial charge is 0.466 e. The lowest BCUT2D eigenvalue weighted by Gasteiger charge is -2.30. The Hall–Kier alpha value is -3.33. The molecular weight excluding hydrogens is 596 g/mol. The SMILES string of the molecule is CCOC(=O)C1CCN(S(=O)(=O)c2ccc(C(=O)Nc3sc4c(c3C(=O)N3CCOCC3)CCN(C(C)=O)C4)cc2)CC1. The van der Waals surface area contributed by atoms with Gasteiger partial charge in [0.1, 0.15) is 5.00 Å². The van der Waals surface area contributed by atoms with Gasteiger partial charge in [-0.1, -0.05) is 0 Å². The lowest BCUT2D eigenvalue weighted by atomic mass is 9.98. The molecule has 0 bridgehead atoms. The zero-order valence-corrected chi connectivity index (χ0v) is 25.9. The lowest BCUT2D eigenvalue weighted by molar-refractivity contribution is -0.149. The van der Waals surface area contributed by atoms with Crippen molar-refractivity contribution in [2.24, 2.45) is 5.92 Å². The van der Waals surface area contributed by atoms with Crippen LogP contribution in [0.25, 0.3) is 0 Å². The van der Waals surface area contributed by atoms with E-state index in [9.17, 15) is 27.6 Å². The van der Waals surface area contributed by atoms with Gasteiger partial charge < -0.3 is 24.6 Å². The van der Waals surface area contributed by atoms with Crippen LogP contribution in [0.5, 0.6) is 0 Å². The summed E-state index contributed by atoms with van der Waals surface area (Å²) in [6.07, 6.45) is 1.29. The summed E-state index contributed by atoms with van der Waals surface area (Å²) in [5.74, 6) is -1.32. The summed E-state index contributed by atoms with van der Waals surface area (Å²) >= 11 is 1.29. The number of thiophene rings is 1. The summed E-state index contributed by atoms with van der Waals surface area (Å²) in [5.41, 5.74) is 1.54. The summed E-state index contributed by atoms with van der Waals surface area (Å²) in [5, 5.41) is 3.30. The molecule has 5 rings (SSSR count). The average molecular weight is 633 g/mol. The highest BCUT2D eigenvalue weighted by molar-refractivity contribution is 7.89. The molecule has 0 radical (unpaired) electrons. The topological polar surface area (TPSA) is 143 Å². The van der Waals surface area contributed by atoms with Gasteiger partial charge in [-0.15, -0.1) is 11.3 Å². The number of nitrogens with zero attached hydrogens (tertiary/aromatic N) is 3. The van der Waals surface area contributed by atoms with Gasteiger partial charge in [0.05, 0.1) is 42.7 Å². The Balaban J connectivity index is 1.32. The van der Waals surface area contributed by atoms with Crippen LogP contribution in [0.2, 0.25) is 0 Å². The summed E-state index contributed by atoms with van der Waals surface area (Å²) in [6.45, 7) is 6.60. The number of morpholine rings is 1. The smallest absolute Gasteiger partial charge is 0.309 e. The van der Waals surface area contributed by atoms with Crippen molar-refractivity contribution in [1.29, 1.82) is 0 Å². The fourth-order valence-electron chi connectivity index (χ4n) is 5.61. The molecule has 3 amide bonds. The lowest BCUT2D eigenvalue weighted by Crippen LogP contribution is -2.41. The van der Waals surface area contributed by atoms with Crippen LogP contribution in [0.3, 0.4) is 0 Å². The van der Waals surface area contributed by atoms with E-state index >= 15 is 0 Å². The number of ether oxygens (including phenoxy) is 2. The number of benzene rings is 1. The molecule has 0 aliphatic carbocycles. The van der Waals surface area contributed by atoms with E-state index in [1.165, 1.54) is 46.8 Å². The van der Waals surface area contributed by atoms with Gasteiger partial charge in [-0.3, -0.25) is 19.2 Å². The van der Waals surface area contributed by atoms with Gasteiger partial charge in [-0.2, -0.15) is 4.31 Å². The molecular formula is C29H36N4O8S2. The molecule has 43 heavy (non-hydrogen) atoms. The Morgan fingerprint density at radius 3 is 2.30 bits per heavy atom. The van der Waals surface area contributed by atoms with Gasteiger partial charge in [0.15, 0.2) is 0 Å². The molecule has 2 saturated heterocycles. The second-order valence-electron chi connectivity index (χ2n) is 10.7. The van der Waals surface area contributed by atoms with E-state index in [1.807, 2.05) is 0 Å². The minimum Gasteiger partial charge on any atom is -0.466 e. The number of rotatable bonds is 7. The molecule has 4 heterocycles. The van der Waals surface area contributed by atoms with Crippen LogP contribution in [0.15, 0.2) is 29.2 Å². The van der Waals surface area contributed by atoms with E-state index in [0.717, 1.165) is 10.4 Å². The maximum absolute atomic E-state index is 13.6. The molecule has 1 aromatic carbocycles. The number of hydrogen-bond acceptors (Lipinski definition) is 9. The molecule has 14 heteroatoms. The van der Waals surface area contributed by atoms with Gasteiger partial charge in [-0.05, 0) is 56.0 Å². The van der Waals surface area contributed by atoms with Crippen LogP contribution in [0.1, 0.15) is 57.8 Å². The monoisotopic (exact) mass is 632 g/mol. The van der Waals surface area contributed by atoms with Crippen LogP contribution >= 0.6 is 11.3 Å². The second-order valence-corrected chi connectivity index (χ2v) is 13.8. The van der Waals surface area contributed by atoms with Gasteiger partial charge in [-0.25, -0.2) is 8.42 Å². The summed E-state index contributed by atoms with van der Waals surface area (Å²) in [7, 11) is -3.81. The molecule has 232 valence electrons. The molecule has 0 unspecified atom stereocenters. The van der Waals surface area contributed by atoms with Crippen LogP contribution in [0.4, 0.5) is 5.00 Å². The van der Waals surface area contributed by atoms with Crippen molar-refractivity contribution in [3.63, 3.8) is 0 Å². The van der Waals surface area contributed by atoms with Crippen molar-refractivity contribution in [1.82, 2.24) is 14.1 Å². The predicted molar refractivity (Wildman–Crippen MR) is 158 cm³/mol. The molecule has 3 aliphatic heterocycles. The maximum Gasteiger partial charge on any atom is 0.309 e. The van der Waals surface area contributed by atoms with Crippen molar-refractivity contribution in [3.05, 3.63) is 45.8 Å². The van der Waals surface area contributed by atoms with E-state index in [4.69, 9.17) is 9.47 Å². The number of carbonyl (C=O) groups excluding carboxylic acids is 4. The second kappa shape index (κ2) is 13.1. The molecule has 2 aromatic rings. The Bertz CT molecular complexity index is 1490. The van der Waals surface area contributed by atoms with Crippen molar-refractivity contribution in [3.8, 4) is 0 Å². The van der Waals surface area contributed by atoms with E-state index in [1.54, 1.807) is 16.7 Å². The Morgan fingerprint density at radius 1 is 1.00 bits per heavy atom. The van der Waals surface area contributed by atoms with E-state index in [-0.39, 0.29) is 53.9 Å². The first kappa shape index (κ1) is 31.1. The van der Waals surface area contributed by atoms with Crippen LogP contribution in [-0.2, 0) is 42.1 Å². The number of fused-ring (bicyclic) bond motifs is 1. The van der Waals surface area contributed by atoms with Crippen molar-refractivity contribution >= 4 is 50.1 Å². The van der Waals surface area contributed by atoms with Crippen LogP contribution in [0, 0.1) is 5.92 Å². The number of nitrogens with one attached hydrogen (secondary N) is 1. The normalized spacial score (nSPS) is 18.2. The quantitative estimate of drug-likeness (QED) is 0.459. The third kappa shape index (κ3) is 6.61. The molecule has 1 N–H and O–H groups in total. The molecule has 0 spiro atoms. The first-order valence-electron chi connectivity index (χ1n) is 14.5. The number of esters is 1. The Morgan fingerprint density at radius 2 is 1.67 bits per heavy atom. The molecule has 2 fully saturated rings. The van der Waals surface area contributed by atoms with E-state index in [2.05, 4.69) is 5.32 Å². The predicted octanol–water partition coefficient (Wildman–Crippen LogP) is 2.34. The minimum absolute atomic E-state index is 0.0518. The van der Waals surface area contributed by atoms with Gasteiger partial charge >= 0.3 is 5.97 Å². The van der Waals surface area contributed by atoms with E-state index in [0.29, 0.717) is 69.2 Å². The van der Waals surface area contributed by atoms with Gasteiger partial charge in [0.25, 0.3) is 11.8 Å². The number of anilines is 1. The van der Waals surface area contributed by atoms with Crippen LogP contribution in [-0.4, -0.2) is 98.8 Å². The van der Waals surface area contributed by atoms with Gasteiger partial charge in [0.2, 0.25) is 15.9 Å². The van der Waals surface area contributed by atoms with Crippen molar-refractivity contribution in [2.45, 2.75) is 44.6 Å².